The molecule has 0 aromatic carbocycles. The molecule has 0 aliphatic carbocycles. The van der Waals surface area contributed by atoms with Gasteiger partial charge in [0.1, 0.15) is 11.4 Å². The lowest BCUT2D eigenvalue weighted by atomic mass is 9.91. The lowest BCUT2D eigenvalue weighted by Gasteiger charge is -2.34. The van der Waals surface area contributed by atoms with Crippen molar-refractivity contribution in [3.8, 4) is 0 Å². The third-order valence-electron chi connectivity index (χ3n) is 4.35. The van der Waals surface area contributed by atoms with Crippen molar-refractivity contribution >= 4 is 11.6 Å². The van der Waals surface area contributed by atoms with Gasteiger partial charge in [-0.25, -0.2) is 4.79 Å². The van der Waals surface area contributed by atoms with E-state index in [-0.39, 0.29) is 36.9 Å². The molecule has 0 spiro atoms. The number of piperidine rings is 1. The van der Waals surface area contributed by atoms with E-state index in [4.69, 9.17) is 10.5 Å². The molecule has 2 atom stereocenters. The van der Waals surface area contributed by atoms with Crippen LogP contribution in [0.3, 0.4) is 0 Å². The Morgan fingerprint density at radius 2 is 1.92 bits per heavy atom. The van der Waals surface area contributed by atoms with Crippen LogP contribution in [0, 0.1) is 11.8 Å². The quantitative estimate of drug-likeness (QED) is 0.702. The van der Waals surface area contributed by atoms with Crippen molar-refractivity contribution in [2.45, 2.75) is 26.8 Å². The fourth-order valence-electron chi connectivity index (χ4n) is 3.47. The standard InChI is InChI=1S/C16H26N4O4/c1-10-6-11(2)8-19(7-10)9-12(21)13-14(17)20(4-5-24-3)16(23)18-15(13)22/h10-11H,4-9,17H2,1-3H3,(H,18,22,23)/t10-,11-/m0/s1. The van der Waals surface area contributed by atoms with Gasteiger partial charge in [0.2, 0.25) is 0 Å². The number of ether oxygens (including phenoxy) is 1. The summed E-state index contributed by atoms with van der Waals surface area (Å²) in [5.41, 5.74) is 4.43. The van der Waals surface area contributed by atoms with Gasteiger partial charge in [0.25, 0.3) is 5.56 Å². The molecule has 8 heteroatoms. The van der Waals surface area contributed by atoms with Crippen LogP contribution in [0.2, 0.25) is 0 Å². The fraction of sp³-hybridized carbons (Fsp3) is 0.688. The molecular weight excluding hydrogens is 312 g/mol. The Morgan fingerprint density at radius 3 is 2.50 bits per heavy atom. The lowest BCUT2D eigenvalue weighted by Crippen LogP contribution is -2.44. The zero-order valence-electron chi connectivity index (χ0n) is 14.5. The first-order valence-corrected chi connectivity index (χ1v) is 8.20. The molecule has 1 aliphatic rings. The molecule has 3 N–H and O–H groups in total. The summed E-state index contributed by atoms with van der Waals surface area (Å²) in [6.07, 6.45) is 1.13. The van der Waals surface area contributed by atoms with E-state index in [2.05, 4.69) is 18.8 Å². The second kappa shape index (κ2) is 7.76. The highest BCUT2D eigenvalue weighted by Crippen LogP contribution is 2.21. The Kier molecular flexibility index (Phi) is 5.95. The number of ketones is 1. The van der Waals surface area contributed by atoms with Crippen molar-refractivity contribution in [1.82, 2.24) is 14.5 Å². The van der Waals surface area contributed by atoms with Crippen LogP contribution in [0.5, 0.6) is 0 Å². The summed E-state index contributed by atoms with van der Waals surface area (Å²) < 4.78 is 6.10. The van der Waals surface area contributed by atoms with Gasteiger partial charge in [-0.1, -0.05) is 13.8 Å². The topological polar surface area (TPSA) is 110 Å². The Labute approximate surface area is 140 Å². The fourth-order valence-corrected chi connectivity index (χ4v) is 3.47. The van der Waals surface area contributed by atoms with Crippen LogP contribution in [-0.2, 0) is 11.3 Å². The van der Waals surface area contributed by atoms with E-state index in [1.807, 2.05) is 4.90 Å². The molecule has 24 heavy (non-hydrogen) atoms. The Hall–Kier alpha value is -1.93. The van der Waals surface area contributed by atoms with Crippen molar-refractivity contribution in [3.05, 3.63) is 26.4 Å². The van der Waals surface area contributed by atoms with Crippen LogP contribution < -0.4 is 17.0 Å². The zero-order valence-corrected chi connectivity index (χ0v) is 14.5. The van der Waals surface area contributed by atoms with E-state index in [9.17, 15) is 14.4 Å². The average Bonchev–Trinajstić information content (AvgIpc) is 2.45. The van der Waals surface area contributed by atoms with Gasteiger partial charge in [0.15, 0.2) is 5.78 Å². The highest BCUT2D eigenvalue weighted by molar-refractivity contribution is 6.01. The lowest BCUT2D eigenvalue weighted by molar-refractivity contribution is 0.0848. The first kappa shape index (κ1) is 18.4. The second-order valence-electron chi connectivity index (χ2n) is 6.73. The maximum absolute atomic E-state index is 12.6. The number of H-pyrrole nitrogens is 1. The van der Waals surface area contributed by atoms with Crippen molar-refractivity contribution in [2.75, 3.05) is 39.1 Å². The summed E-state index contributed by atoms with van der Waals surface area (Å²) in [6, 6.07) is 0. The second-order valence-corrected chi connectivity index (χ2v) is 6.73. The van der Waals surface area contributed by atoms with Gasteiger partial charge < -0.3 is 10.5 Å². The molecule has 1 aliphatic heterocycles. The molecule has 2 rings (SSSR count). The summed E-state index contributed by atoms with van der Waals surface area (Å²) >= 11 is 0. The molecule has 1 saturated heterocycles. The molecule has 1 aromatic heterocycles. The van der Waals surface area contributed by atoms with Crippen molar-refractivity contribution in [3.63, 3.8) is 0 Å². The molecule has 2 heterocycles. The highest BCUT2D eigenvalue weighted by atomic mass is 16.5. The van der Waals surface area contributed by atoms with Crippen molar-refractivity contribution < 1.29 is 9.53 Å². The van der Waals surface area contributed by atoms with Crippen LogP contribution in [0.25, 0.3) is 0 Å². The maximum atomic E-state index is 12.6. The number of aromatic amines is 1. The molecular formula is C16H26N4O4. The van der Waals surface area contributed by atoms with Gasteiger partial charge in [-0.05, 0) is 18.3 Å². The van der Waals surface area contributed by atoms with E-state index in [1.165, 1.54) is 11.7 Å². The van der Waals surface area contributed by atoms with Gasteiger partial charge in [-0.15, -0.1) is 0 Å². The number of nitrogens with two attached hydrogens (primary N) is 1. The summed E-state index contributed by atoms with van der Waals surface area (Å²) in [7, 11) is 1.50. The van der Waals surface area contributed by atoms with E-state index in [1.54, 1.807) is 0 Å². The van der Waals surface area contributed by atoms with E-state index >= 15 is 0 Å². The predicted octanol–water partition coefficient (Wildman–Crippen LogP) is -0.0742. The van der Waals surface area contributed by atoms with Crippen LogP contribution in [-0.4, -0.2) is 53.6 Å². The highest BCUT2D eigenvalue weighted by Gasteiger charge is 2.26. The summed E-state index contributed by atoms with van der Waals surface area (Å²) in [5, 5.41) is 0. The minimum absolute atomic E-state index is 0.0936. The normalized spacial score (nSPS) is 21.8. The Balaban J connectivity index is 2.25. The number of hydrogen-bond donors (Lipinski definition) is 2. The molecule has 0 saturated carbocycles. The number of nitrogens with one attached hydrogen (secondary N) is 1. The molecule has 0 unspecified atom stereocenters. The minimum atomic E-state index is -0.728. The Bertz CT molecular complexity index is 699. The number of nitrogen functional groups attached to an aromatic ring is 1. The molecule has 1 fully saturated rings. The molecule has 134 valence electrons. The van der Waals surface area contributed by atoms with Gasteiger partial charge in [0, 0.05) is 20.2 Å². The number of anilines is 1. The summed E-state index contributed by atoms with van der Waals surface area (Å²) in [6.45, 7) is 6.50. The SMILES string of the molecule is COCCn1c(N)c(C(=O)CN2C[C@@H](C)C[C@H](C)C2)c(=O)[nH]c1=O. The van der Waals surface area contributed by atoms with Crippen LogP contribution in [0.15, 0.2) is 9.59 Å². The number of carbonyl (C=O) groups excluding carboxylic acids is 1. The van der Waals surface area contributed by atoms with E-state index < -0.39 is 11.2 Å². The van der Waals surface area contributed by atoms with Gasteiger partial charge in [-0.3, -0.25) is 24.0 Å². The molecule has 0 radical (unpaired) electrons. The maximum Gasteiger partial charge on any atom is 0.330 e. The molecule has 1 aromatic rings. The smallest absolute Gasteiger partial charge is 0.330 e. The van der Waals surface area contributed by atoms with Crippen molar-refractivity contribution in [2.24, 2.45) is 11.8 Å². The zero-order chi connectivity index (χ0) is 17.9. The predicted molar refractivity (Wildman–Crippen MR) is 91.3 cm³/mol. The van der Waals surface area contributed by atoms with Gasteiger partial charge in [-0.2, -0.15) is 0 Å². The molecule has 8 nitrogen and oxygen atoms in total. The summed E-state index contributed by atoms with van der Waals surface area (Å²) in [4.78, 5) is 40.8. The minimum Gasteiger partial charge on any atom is -0.384 e. The van der Waals surface area contributed by atoms with Gasteiger partial charge >= 0.3 is 5.69 Å². The number of rotatable bonds is 6. The summed E-state index contributed by atoms with van der Waals surface area (Å²) in [5.74, 6) is 0.561. The first-order valence-electron chi connectivity index (χ1n) is 8.20. The number of aromatic nitrogens is 2. The number of nitrogens with zero attached hydrogens (tertiary/aromatic N) is 2. The third-order valence-corrected chi connectivity index (χ3v) is 4.35. The average molecular weight is 338 g/mol. The van der Waals surface area contributed by atoms with Crippen LogP contribution in [0.4, 0.5) is 5.82 Å². The van der Waals surface area contributed by atoms with Gasteiger partial charge in [0.05, 0.1) is 19.7 Å². The molecule has 0 amide bonds. The number of Topliss-reactive ketones (excluding diaryl/α,β-unsaturated/α-hetero) is 1. The van der Waals surface area contributed by atoms with Crippen LogP contribution >= 0.6 is 0 Å². The largest absolute Gasteiger partial charge is 0.384 e. The number of carbonyl (C=O) groups is 1. The third kappa shape index (κ3) is 4.12. The van der Waals surface area contributed by atoms with E-state index in [0.717, 1.165) is 19.5 Å². The van der Waals surface area contributed by atoms with E-state index in [0.29, 0.717) is 11.8 Å². The Morgan fingerprint density at radius 1 is 1.29 bits per heavy atom. The number of hydrogen-bond acceptors (Lipinski definition) is 6. The van der Waals surface area contributed by atoms with Crippen LogP contribution in [0.1, 0.15) is 30.6 Å². The van der Waals surface area contributed by atoms with Crippen molar-refractivity contribution in [1.29, 1.82) is 0 Å². The molecule has 0 bridgehead atoms. The monoisotopic (exact) mass is 338 g/mol. The number of methoxy groups -OCH3 is 1. The number of likely N-dealkylation sites (tertiary alicyclic amines) is 1. The first-order chi connectivity index (χ1) is 11.3.